The van der Waals surface area contributed by atoms with Crippen LogP contribution in [-0.4, -0.2) is 12.2 Å². The third-order valence-electron chi connectivity index (χ3n) is 1.52. The number of benzene rings is 1. The van der Waals surface area contributed by atoms with E-state index in [1.54, 1.807) is 7.05 Å². The number of phenolic OH excluding ortho intramolecular Hbond substituents is 1. The Bertz CT molecular complexity index is 291. The molecule has 2 N–H and O–H groups in total. The predicted molar refractivity (Wildman–Crippen MR) is 45.8 cm³/mol. The molecule has 12 heavy (non-hydrogen) atoms. The zero-order valence-electron chi connectivity index (χ0n) is 6.56. The van der Waals surface area contributed by atoms with Crippen molar-refractivity contribution in [2.45, 2.75) is 6.54 Å². The SMILES string of the molecule is CNCc1c(O)ccc(F)c1Cl. The van der Waals surface area contributed by atoms with E-state index in [1.807, 2.05) is 0 Å². The van der Waals surface area contributed by atoms with Crippen molar-refractivity contribution in [2.24, 2.45) is 0 Å². The van der Waals surface area contributed by atoms with Gasteiger partial charge in [0.05, 0.1) is 5.02 Å². The Morgan fingerprint density at radius 2 is 2.25 bits per heavy atom. The van der Waals surface area contributed by atoms with Crippen LogP contribution < -0.4 is 5.32 Å². The van der Waals surface area contributed by atoms with E-state index in [2.05, 4.69) is 5.32 Å². The smallest absolute Gasteiger partial charge is 0.142 e. The van der Waals surface area contributed by atoms with E-state index in [0.717, 1.165) is 6.07 Å². The van der Waals surface area contributed by atoms with Crippen molar-refractivity contribution in [3.8, 4) is 5.75 Å². The summed E-state index contributed by atoms with van der Waals surface area (Å²) in [6.07, 6.45) is 0. The Labute approximate surface area is 75.0 Å². The molecule has 0 atom stereocenters. The molecule has 0 bridgehead atoms. The fraction of sp³-hybridized carbons (Fsp3) is 0.250. The average Bonchev–Trinajstić information content (AvgIpc) is 2.06. The van der Waals surface area contributed by atoms with E-state index in [0.29, 0.717) is 12.1 Å². The second-order valence-electron chi connectivity index (χ2n) is 2.39. The number of nitrogens with one attached hydrogen (secondary N) is 1. The van der Waals surface area contributed by atoms with Gasteiger partial charge in [0.2, 0.25) is 0 Å². The van der Waals surface area contributed by atoms with E-state index in [1.165, 1.54) is 6.07 Å². The normalized spacial score (nSPS) is 10.2. The minimum absolute atomic E-state index is 0.00995. The number of halogens is 2. The molecule has 0 fully saturated rings. The van der Waals surface area contributed by atoms with Crippen molar-refractivity contribution in [1.29, 1.82) is 0 Å². The van der Waals surface area contributed by atoms with E-state index in [9.17, 15) is 9.50 Å². The molecule has 2 nitrogen and oxygen atoms in total. The molecule has 0 aromatic heterocycles. The highest BCUT2D eigenvalue weighted by atomic mass is 35.5. The number of hydrogen-bond acceptors (Lipinski definition) is 2. The molecule has 0 spiro atoms. The summed E-state index contributed by atoms with van der Waals surface area (Å²) in [4.78, 5) is 0. The Balaban J connectivity index is 3.14. The molecule has 1 aromatic rings. The van der Waals surface area contributed by atoms with Crippen LogP contribution in [-0.2, 0) is 6.54 Å². The van der Waals surface area contributed by atoms with E-state index >= 15 is 0 Å². The molecule has 4 heteroatoms. The van der Waals surface area contributed by atoms with Gasteiger partial charge in [-0.05, 0) is 19.2 Å². The van der Waals surface area contributed by atoms with Gasteiger partial charge in [0, 0.05) is 12.1 Å². The molecule has 0 aliphatic rings. The molecule has 0 aliphatic heterocycles. The van der Waals surface area contributed by atoms with Crippen molar-refractivity contribution in [3.63, 3.8) is 0 Å². The van der Waals surface area contributed by atoms with Crippen LogP contribution in [0, 0.1) is 5.82 Å². The maximum Gasteiger partial charge on any atom is 0.142 e. The lowest BCUT2D eigenvalue weighted by molar-refractivity contribution is 0.463. The fourth-order valence-electron chi connectivity index (χ4n) is 0.927. The summed E-state index contributed by atoms with van der Waals surface area (Å²) in [5.74, 6) is -0.504. The second kappa shape index (κ2) is 3.74. The molecule has 0 amide bonds. The van der Waals surface area contributed by atoms with Gasteiger partial charge in [0.1, 0.15) is 11.6 Å². The molecular formula is C8H9ClFNO. The zero-order valence-corrected chi connectivity index (χ0v) is 7.32. The largest absolute Gasteiger partial charge is 0.508 e. The standard InChI is InChI=1S/C8H9ClFNO/c1-11-4-5-7(12)3-2-6(10)8(5)9/h2-3,11-12H,4H2,1H3. The number of phenols is 1. The van der Waals surface area contributed by atoms with Gasteiger partial charge in [0.25, 0.3) is 0 Å². The lowest BCUT2D eigenvalue weighted by atomic mass is 10.2. The topological polar surface area (TPSA) is 32.3 Å². The van der Waals surface area contributed by atoms with Gasteiger partial charge < -0.3 is 10.4 Å². The average molecular weight is 190 g/mol. The Morgan fingerprint density at radius 3 is 2.83 bits per heavy atom. The van der Waals surface area contributed by atoms with Gasteiger partial charge in [-0.15, -0.1) is 0 Å². The Morgan fingerprint density at radius 1 is 1.58 bits per heavy atom. The van der Waals surface area contributed by atoms with Crippen LogP contribution in [0.4, 0.5) is 4.39 Å². The highest BCUT2D eigenvalue weighted by molar-refractivity contribution is 6.31. The van der Waals surface area contributed by atoms with Crippen LogP contribution in [0.2, 0.25) is 5.02 Å². The minimum atomic E-state index is -0.514. The summed E-state index contributed by atoms with van der Waals surface area (Å²) in [6.45, 7) is 0.350. The van der Waals surface area contributed by atoms with Gasteiger partial charge in [-0.3, -0.25) is 0 Å². The van der Waals surface area contributed by atoms with Crippen molar-refractivity contribution in [1.82, 2.24) is 5.32 Å². The lowest BCUT2D eigenvalue weighted by Crippen LogP contribution is -2.06. The van der Waals surface area contributed by atoms with Gasteiger partial charge in [-0.25, -0.2) is 4.39 Å². The second-order valence-corrected chi connectivity index (χ2v) is 2.77. The summed E-state index contributed by atoms with van der Waals surface area (Å²) >= 11 is 5.60. The van der Waals surface area contributed by atoms with Gasteiger partial charge in [-0.2, -0.15) is 0 Å². The van der Waals surface area contributed by atoms with Crippen LogP contribution in [0.5, 0.6) is 5.75 Å². The van der Waals surface area contributed by atoms with E-state index in [-0.39, 0.29) is 10.8 Å². The maximum atomic E-state index is 12.8. The molecule has 0 radical (unpaired) electrons. The Kier molecular flexibility index (Phi) is 2.89. The highest BCUT2D eigenvalue weighted by Gasteiger charge is 2.09. The molecular weight excluding hydrogens is 181 g/mol. The van der Waals surface area contributed by atoms with Crippen LogP contribution in [0.3, 0.4) is 0 Å². The van der Waals surface area contributed by atoms with Crippen molar-refractivity contribution in [2.75, 3.05) is 7.05 Å². The van der Waals surface area contributed by atoms with Crippen LogP contribution in [0.25, 0.3) is 0 Å². The molecule has 1 aromatic carbocycles. The van der Waals surface area contributed by atoms with Crippen LogP contribution in [0.15, 0.2) is 12.1 Å². The highest BCUT2D eigenvalue weighted by Crippen LogP contribution is 2.27. The lowest BCUT2D eigenvalue weighted by Gasteiger charge is -2.06. The number of hydrogen-bond donors (Lipinski definition) is 2. The zero-order chi connectivity index (χ0) is 9.14. The molecule has 0 saturated carbocycles. The summed E-state index contributed by atoms with van der Waals surface area (Å²) < 4.78 is 12.8. The third-order valence-corrected chi connectivity index (χ3v) is 1.93. The first-order valence-corrected chi connectivity index (χ1v) is 3.85. The molecule has 66 valence electrons. The van der Waals surface area contributed by atoms with Gasteiger partial charge in [0.15, 0.2) is 0 Å². The fourth-order valence-corrected chi connectivity index (χ4v) is 1.15. The van der Waals surface area contributed by atoms with E-state index < -0.39 is 5.82 Å². The number of aromatic hydroxyl groups is 1. The Hall–Kier alpha value is -0.800. The predicted octanol–water partition coefficient (Wildman–Crippen LogP) is 1.90. The van der Waals surface area contributed by atoms with Crippen LogP contribution in [0.1, 0.15) is 5.56 Å². The quantitative estimate of drug-likeness (QED) is 0.745. The van der Waals surface area contributed by atoms with Crippen molar-refractivity contribution < 1.29 is 9.50 Å². The molecule has 0 saturated heterocycles. The summed E-state index contributed by atoms with van der Waals surface area (Å²) in [7, 11) is 1.70. The van der Waals surface area contributed by atoms with Gasteiger partial charge in [-0.1, -0.05) is 11.6 Å². The molecule has 0 heterocycles. The van der Waals surface area contributed by atoms with Gasteiger partial charge >= 0.3 is 0 Å². The minimum Gasteiger partial charge on any atom is -0.508 e. The molecule has 1 rings (SSSR count). The summed E-state index contributed by atoms with van der Waals surface area (Å²) in [5, 5.41) is 12.0. The van der Waals surface area contributed by atoms with Crippen LogP contribution >= 0.6 is 11.6 Å². The van der Waals surface area contributed by atoms with E-state index in [4.69, 9.17) is 11.6 Å². The first kappa shape index (κ1) is 9.29. The summed E-state index contributed by atoms with van der Waals surface area (Å²) in [5.41, 5.74) is 0.388. The first-order valence-electron chi connectivity index (χ1n) is 3.47. The molecule has 0 aliphatic carbocycles. The maximum absolute atomic E-state index is 12.8. The van der Waals surface area contributed by atoms with Crippen molar-refractivity contribution >= 4 is 11.6 Å². The van der Waals surface area contributed by atoms with Crippen molar-refractivity contribution in [3.05, 3.63) is 28.5 Å². The summed E-state index contributed by atoms with van der Waals surface area (Å²) in [6, 6.07) is 2.42. The third kappa shape index (κ3) is 1.68. The molecule has 0 unspecified atom stereocenters. The monoisotopic (exact) mass is 189 g/mol. The number of rotatable bonds is 2. The first-order chi connectivity index (χ1) is 5.66.